The van der Waals surface area contributed by atoms with Crippen molar-refractivity contribution in [1.82, 2.24) is 0 Å². The van der Waals surface area contributed by atoms with Crippen molar-refractivity contribution in [3.05, 3.63) is 23.0 Å². The number of nitriles is 1. The molecule has 2 heteroatoms. The Morgan fingerprint density at radius 3 is 2.80 bits per heavy atom. The molecule has 1 rings (SSSR count). The number of rotatable bonds is 0. The van der Waals surface area contributed by atoms with Gasteiger partial charge in [-0.15, -0.1) is 0 Å². The third-order valence-corrected chi connectivity index (χ3v) is 1.57. The van der Waals surface area contributed by atoms with Crippen LogP contribution < -0.4 is 0 Å². The molecule has 10 heavy (non-hydrogen) atoms. The van der Waals surface area contributed by atoms with Gasteiger partial charge in [0.25, 0.3) is 0 Å². The van der Waals surface area contributed by atoms with Gasteiger partial charge in [-0.3, -0.25) is 0 Å². The molecule has 0 amide bonds. The molecule has 0 atom stereocenters. The van der Waals surface area contributed by atoms with Crippen LogP contribution in [0, 0.1) is 11.3 Å². The second kappa shape index (κ2) is 2.66. The molecule has 1 aliphatic carbocycles. The lowest BCUT2D eigenvalue weighted by molar-refractivity contribution is 0.638. The highest BCUT2D eigenvalue weighted by Crippen LogP contribution is 2.23. The first kappa shape index (κ1) is 7.01. The third-order valence-electron chi connectivity index (χ3n) is 1.57. The Hall–Kier alpha value is -1.10. The van der Waals surface area contributed by atoms with Crippen molar-refractivity contribution in [3.8, 4) is 6.07 Å². The monoisotopic (exact) mass is 137 g/mol. The van der Waals surface area contributed by atoms with Gasteiger partial charge in [-0.25, -0.2) is 4.39 Å². The fourth-order valence-corrected chi connectivity index (χ4v) is 0.927. The van der Waals surface area contributed by atoms with Crippen molar-refractivity contribution in [2.45, 2.75) is 19.8 Å². The van der Waals surface area contributed by atoms with Crippen LogP contribution in [0.15, 0.2) is 23.0 Å². The maximum absolute atomic E-state index is 12.7. The van der Waals surface area contributed by atoms with E-state index in [0.29, 0.717) is 6.42 Å². The summed E-state index contributed by atoms with van der Waals surface area (Å²) in [6, 6.07) is 1.83. The van der Waals surface area contributed by atoms with E-state index in [4.69, 9.17) is 5.26 Å². The average Bonchev–Trinajstić information content (AvgIpc) is 1.88. The van der Waals surface area contributed by atoms with E-state index in [1.54, 1.807) is 0 Å². The summed E-state index contributed by atoms with van der Waals surface area (Å²) in [5, 5.41) is 8.37. The van der Waals surface area contributed by atoms with Gasteiger partial charge in [0, 0.05) is 0 Å². The lowest BCUT2D eigenvalue weighted by atomic mass is 10.00. The first-order valence-corrected chi connectivity index (χ1v) is 3.20. The van der Waals surface area contributed by atoms with Crippen LogP contribution >= 0.6 is 0 Å². The zero-order valence-electron chi connectivity index (χ0n) is 5.82. The summed E-state index contributed by atoms with van der Waals surface area (Å²) in [6.45, 7) is 1.87. The second-order valence-corrected chi connectivity index (χ2v) is 2.43. The summed E-state index contributed by atoms with van der Waals surface area (Å²) < 4.78 is 12.7. The van der Waals surface area contributed by atoms with Crippen LogP contribution in [0.4, 0.5) is 4.39 Å². The van der Waals surface area contributed by atoms with Crippen molar-refractivity contribution in [1.29, 1.82) is 5.26 Å². The van der Waals surface area contributed by atoms with Gasteiger partial charge >= 0.3 is 0 Å². The van der Waals surface area contributed by atoms with Crippen LogP contribution in [-0.2, 0) is 0 Å². The largest absolute Gasteiger partial charge is 0.206 e. The first-order chi connectivity index (χ1) is 4.74. The summed E-state index contributed by atoms with van der Waals surface area (Å²) in [5.41, 5.74) is 1.29. The number of hydrogen-bond acceptors (Lipinski definition) is 1. The minimum Gasteiger partial charge on any atom is -0.206 e. The van der Waals surface area contributed by atoms with Crippen molar-refractivity contribution in [2.24, 2.45) is 0 Å². The Kier molecular flexibility index (Phi) is 1.86. The first-order valence-electron chi connectivity index (χ1n) is 3.20. The maximum Gasteiger partial charge on any atom is 0.136 e. The Morgan fingerprint density at radius 2 is 2.30 bits per heavy atom. The van der Waals surface area contributed by atoms with E-state index in [2.05, 4.69) is 0 Å². The number of allylic oxidation sites excluding steroid dienone is 4. The number of nitrogens with zero attached hydrogens (tertiary/aromatic N) is 1. The lowest BCUT2D eigenvalue weighted by Crippen LogP contribution is -1.92. The molecule has 0 unspecified atom stereocenters. The van der Waals surface area contributed by atoms with Gasteiger partial charge in [0.2, 0.25) is 0 Å². The van der Waals surface area contributed by atoms with Crippen molar-refractivity contribution in [2.75, 3.05) is 0 Å². The SMILES string of the molecule is CC1=CC(F)=C(C#N)CC1. The van der Waals surface area contributed by atoms with Crippen LogP contribution in [0.5, 0.6) is 0 Å². The van der Waals surface area contributed by atoms with Crippen LogP contribution in [0.3, 0.4) is 0 Å². The van der Waals surface area contributed by atoms with Crippen molar-refractivity contribution < 1.29 is 4.39 Å². The minimum atomic E-state index is -0.355. The highest BCUT2D eigenvalue weighted by Gasteiger charge is 2.09. The topological polar surface area (TPSA) is 23.8 Å². The fraction of sp³-hybridized carbons (Fsp3) is 0.375. The molecule has 52 valence electrons. The van der Waals surface area contributed by atoms with Gasteiger partial charge in [-0.05, 0) is 25.8 Å². The molecular formula is C8H8FN. The smallest absolute Gasteiger partial charge is 0.136 e. The van der Waals surface area contributed by atoms with Crippen LogP contribution in [0.1, 0.15) is 19.8 Å². The minimum absolute atomic E-state index is 0.283. The van der Waals surface area contributed by atoms with Crippen molar-refractivity contribution >= 4 is 0 Å². The molecule has 0 N–H and O–H groups in total. The normalized spacial score (nSPS) is 18.3. The summed E-state index contributed by atoms with van der Waals surface area (Å²) in [5.74, 6) is -0.355. The van der Waals surface area contributed by atoms with Gasteiger partial charge in [0.1, 0.15) is 5.83 Å². The molecule has 0 aliphatic heterocycles. The van der Waals surface area contributed by atoms with E-state index in [1.807, 2.05) is 13.0 Å². The summed E-state index contributed by atoms with van der Waals surface area (Å²) in [6.07, 6.45) is 2.81. The van der Waals surface area contributed by atoms with E-state index in [-0.39, 0.29) is 11.4 Å². The lowest BCUT2D eigenvalue weighted by Gasteiger charge is -2.06. The van der Waals surface area contributed by atoms with Gasteiger partial charge in [-0.1, -0.05) is 5.57 Å². The molecule has 0 radical (unpaired) electrons. The average molecular weight is 137 g/mol. The number of hydrogen-bond donors (Lipinski definition) is 0. The molecule has 1 nitrogen and oxygen atoms in total. The zero-order chi connectivity index (χ0) is 7.56. The molecule has 0 saturated carbocycles. The molecule has 0 aromatic heterocycles. The van der Waals surface area contributed by atoms with Crippen LogP contribution in [0.2, 0.25) is 0 Å². The Balaban J connectivity index is 2.93. The highest BCUT2D eigenvalue weighted by molar-refractivity contribution is 5.36. The standard InChI is InChI=1S/C8H8FN/c1-6-2-3-7(5-10)8(9)4-6/h4H,2-3H2,1H3. The van der Waals surface area contributed by atoms with E-state index in [0.717, 1.165) is 12.0 Å². The molecular weight excluding hydrogens is 129 g/mol. The van der Waals surface area contributed by atoms with Gasteiger partial charge in [-0.2, -0.15) is 5.26 Å². The van der Waals surface area contributed by atoms with Crippen molar-refractivity contribution in [3.63, 3.8) is 0 Å². The quantitative estimate of drug-likeness (QED) is 0.503. The molecule has 0 fully saturated rings. The van der Waals surface area contributed by atoms with E-state index >= 15 is 0 Å². The molecule has 0 bridgehead atoms. The van der Waals surface area contributed by atoms with E-state index in [1.165, 1.54) is 6.08 Å². The Morgan fingerprint density at radius 1 is 1.60 bits per heavy atom. The molecule has 0 heterocycles. The van der Waals surface area contributed by atoms with Gasteiger partial charge < -0.3 is 0 Å². The highest BCUT2D eigenvalue weighted by atomic mass is 19.1. The van der Waals surface area contributed by atoms with Gasteiger partial charge in [0.05, 0.1) is 11.6 Å². The predicted octanol–water partition coefficient (Wildman–Crippen LogP) is 2.47. The maximum atomic E-state index is 12.7. The summed E-state index contributed by atoms with van der Waals surface area (Å²) in [4.78, 5) is 0. The zero-order valence-corrected chi connectivity index (χ0v) is 5.82. The number of halogens is 1. The van der Waals surface area contributed by atoms with Crippen LogP contribution in [-0.4, -0.2) is 0 Å². The Labute approximate surface area is 59.5 Å². The Bertz CT molecular complexity index is 242. The molecule has 0 spiro atoms. The van der Waals surface area contributed by atoms with E-state index in [9.17, 15) is 4.39 Å². The van der Waals surface area contributed by atoms with Crippen LogP contribution in [0.25, 0.3) is 0 Å². The third kappa shape index (κ3) is 1.24. The predicted molar refractivity (Wildman–Crippen MR) is 36.7 cm³/mol. The molecule has 0 saturated heterocycles. The molecule has 0 aromatic carbocycles. The summed E-state index contributed by atoms with van der Waals surface area (Å²) in [7, 11) is 0. The van der Waals surface area contributed by atoms with Gasteiger partial charge in [0.15, 0.2) is 0 Å². The fourth-order valence-electron chi connectivity index (χ4n) is 0.927. The molecule has 1 aliphatic rings. The molecule has 0 aromatic rings. The summed E-state index contributed by atoms with van der Waals surface area (Å²) >= 11 is 0. The second-order valence-electron chi connectivity index (χ2n) is 2.43. The van der Waals surface area contributed by atoms with E-state index < -0.39 is 0 Å².